The van der Waals surface area contributed by atoms with Crippen molar-refractivity contribution >= 4 is 33.0 Å². The molecule has 0 saturated heterocycles. The lowest BCUT2D eigenvalue weighted by Gasteiger charge is -2.13. The zero-order valence-corrected chi connectivity index (χ0v) is 16.9. The van der Waals surface area contributed by atoms with Gasteiger partial charge in [0.1, 0.15) is 5.75 Å². The van der Waals surface area contributed by atoms with Crippen LogP contribution in [0.2, 0.25) is 0 Å². The summed E-state index contributed by atoms with van der Waals surface area (Å²) in [6.45, 7) is 0. The van der Waals surface area contributed by atoms with Crippen LogP contribution in [0.5, 0.6) is 5.75 Å². The first-order valence-electron chi connectivity index (χ1n) is 8.92. The topological polar surface area (TPSA) is 113 Å². The first-order valence-corrected chi connectivity index (χ1v) is 10.4. The molecule has 166 valence electrons. The quantitative estimate of drug-likeness (QED) is 0.524. The number of aromatic hydroxyl groups is 1. The Labute approximate surface area is 180 Å². The highest BCUT2D eigenvalue weighted by molar-refractivity contribution is 7.92. The third-order valence-corrected chi connectivity index (χ3v) is 5.76. The summed E-state index contributed by atoms with van der Waals surface area (Å²) in [5.41, 5.74) is -5.69. The van der Waals surface area contributed by atoms with Crippen molar-refractivity contribution in [2.75, 3.05) is 10.6 Å². The normalized spacial score (nSPS) is 11.6. The number of sulfone groups is 1. The number of hydrogen-bond donors (Lipinski definition) is 3. The van der Waals surface area contributed by atoms with Gasteiger partial charge < -0.3 is 15.7 Å². The molecule has 0 atom stereocenters. The third-order valence-electron chi connectivity index (χ3n) is 4.28. The zero-order valence-electron chi connectivity index (χ0n) is 16.1. The Hall–Kier alpha value is -3.86. The molecule has 0 heterocycles. The Morgan fingerprint density at radius 2 is 1.38 bits per heavy atom. The van der Waals surface area contributed by atoms with Crippen molar-refractivity contribution in [2.45, 2.75) is 10.4 Å². The fourth-order valence-electron chi connectivity index (χ4n) is 2.72. The number of carbonyl (C=O) groups excluding carboxylic acids is 2. The van der Waals surface area contributed by atoms with Gasteiger partial charge in [0.15, 0.2) is 0 Å². The molecule has 0 saturated carbocycles. The van der Waals surface area contributed by atoms with E-state index in [-0.39, 0.29) is 28.3 Å². The lowest BCUT2D eigenvalue weighted by molar-refractivity contribution is -0.0436. The molecule has 7 nitrogen and oxygen atoms in total. The second-order valence-electron chi connectivity index (χ2n) is 6.45. The van der Waals surface area contributed by atoms with Crippen LogP contribution in [-0.2, 0) is 9.84 Å². The van der Waals surface area contributed by atoms with E-state index in [1.54, 1.807) is 0 Å². The van der Waals surface area contributed by atoms with Crippen molar-refractivity contribution in [3.05, 3.63) is 83.9 Å². The summed E-state index contributed by atoms with van der Waals surface area (Å²) in [6, 6.07) is 15.3. The van der Waals surface area contributed by atoms with E-state index < -0.39 is 32.1 Å². The number of rotatable bonds is 5. The largest absolute Gasteiger partial charge is 0.507 e. The molecule has 11 heteroatoms. The summed E-state index contributed by atoms with van der Waals surface area (Å²) in [7, 11) is -5.59. The molecule has 0 aromatic heterocycles. The van der Waals surface area contributed by atoms with E-state index in [0.29, 0.717) is 6.07 Å². The minimum Gasteiger partial charge on any atom is -0.507 e. The van der Waals surface area contributed by atoms with Gasteiger partial charge in [-0.1, -0.05) is 30.3 Å². The molecule has 0 radical (unpaired) electrons. The van der Waals surface area contributed by atoms with E-state index >= 15 is 0 Å². The van der Waals surface area contributed by atoms with Gasteiger partial charge in [0, 0.05) is 5.69 Å². The Kier molecular flexibility index (Phi) is 6.21. The Morgan fingerprint density at radius 1 is 0.781 bits per heavy atom. The number of phenolic OH excluding ortho intramolecular Hbond substituents is 1. The summed E-state index contributed by atoms with van der Waals surface area (Å²) >= 11 is 0. The van der Waals surface area contributed by atoms with Gasteiger partial charge in [-0.3, -0.25) is 9.59 Å². The number of alkyl halides is 3. The molecule has 0 unspecified atom stereocenters. The summed E-state index contributed by atoms with van der Waals surface area (Å²) in [6.07, 6.45) is 0. The molecule has 3 aromatic carbocycles. The van der Waals surface area contributed by atoms with Crippen LogP contribution in [0.25, 0.3) is 0 Å². The van der Waals surface area contributed by atoms with Crippen molar-refractivity contribution in [3.8, 4) is 5.75 Å². The van der Waals surface area contributed by atoms with Gasteiger partial charge in [-0.2, -0.15) is 13.2 Å². The van der Waals surface area contributed by atoms with Crippen LogP contribution in [0.4, 0.5) is 24.5 Å². The molecule has 3 rings (SSSR count). The van der Waals surface area contributed by atoms with Gasteiger partial charge in [-0.25, -0.2) is 8.42 Å². The molecule has 3 aromatic rings. The van der Waals surface area contributed by atoms with E-state index in [0.717, 1.165) is 12.1 Å². The van der Waals surface area contributed by atoms with Gasteiger partial charge in [0.25, 0.3) is 21.7 Å². The van der Waals surface area contributed by atoms with Crippen molar-refractivity contribution < 1.29 is 36.3 Å². The minimum atomic E-state index is -5.59. The van der Waals surface area contributed by atoms with Crippen molar-refractivity contribution in [1.29, 1.82) is 0 Å². The Balaban J connectivity index is 1.85. The number of para-hydroxylation sites is 2. The SMILES string of the molecule is O=C(Nc1ccccc1C(=O)Nc1cccc(S(=O)(=O)C(F)(F)F)c1)c1ccccc1O. The monoisotopic (exact) mass is 464 g/mol. The fourth-order valence-corrected chi connectivity index (χ4v) is 3.53. The van der Waals surface area contributed by atoms with Crippen LogP contribution < -0.4 is 10.6 Å². The second kappa shape index (κ2) is 8.71. The van der Waals surface area contributed by atoms with E-state index in [1.165, 1.54) is 54.6 Å². The molecule has 0 bridgehead atoms. The van der Waals surface area contributed by atoms with E-state index in [4.69, 9.17) is 0 Å². The fraction of sp³-hybridized carbons (Fsp3) is 0.0476. The van der Waals surface area contributed by atoms with Crippen molar-refractivity contribution in [3.63, 3.8) is 0 Å². The van der Waals surface area contributed by atoms with Crippen LogP contribution in [0.1, 0.15) is 20.7 Å². The molecule has 0 aliphatic carbocycles. The van der Waals surface area contributed by atoms with Crippen LogP contribution in [0.15, 0.2) is 77.7 Å². The molecular formula is C21H15F3N2O5S. The van der Waals surface area contributed by atoms with Crippen LogP contribution >= 0.6 is 0 Å². The molecule has 32 heavy (non-hydrogen) atoms. The van der Waals surface area contributed by atoms with Crippen molar-refractivity contribution in [2.24, 2.45) is 0 Å². The maximum absolute atomic E-state index is 12.8. The highest BCUT2D eigenvalue weighted by Gasteiger charge is 2.46. The van der Waals surface area contributed by atoms with E-state index in [2.05, 4.69) is 10.6 Å². The number of nitrogens with one attached hydrogen (secondary N) is 2. The predicted octanol–water partition coefficient (Wildman–Crippen LogP) is 4.19. The molecular weight excluding hydrogens is 449 g/mol. The maximum Gasteiger partial charge on any atom is 0.501 e. The smallest absolute Gasteiger partial charge is 0.501 e. The Bertz CT molecular complexity index is 1290. The second-order valence-corrected chi connectivity index (χ2v) is 8.39. The van der Waals surface area contributed by atoms with Gasteiger partial charge in [0.05, 0.1) is 21.7 Å². The molecule has 3 N–H and O–H groups in total. The highest BCUT2D eigenvalue weighted by atomic mass is 32.2. The lowest BCUT2D eigenvalue weighted by Crippen LogP contribution is -2.23. The van der Waals surface area contributed by atoms with Gasteiger partial charge in [-0.15, -0.1) is 0 Å². The van der Waals surface area contributed by atoms with Crippen LogP contribution in [0, 0.1) is 0 Å². The average molecular weight is 464 g/mol. The van der Waals surface area contributed by atoms with Gasteiger partial charge in [0.2, 0.25) is 0 Å². The number of phenols is 1. The summed E-state index contributed by atoms with van der Waals surface area (Å²) in [4.78, 5) is 24.1. The summed E-state index contributed by atoms with van der Waals surface area (Å²) in [5, 5.41) is 14.6. The lowest BCUT2D eigenvalue weighted by atomic mass is 10.1. The molecule has 0 fully saturated rings. The number of amides is 2. The number of anilines is 2. The number of carbonyl (C=O) groups is 2. The Morgan fingerprint density at radius 3 is 2.03 bits per heavy atom. The average Bonchev–Trinajstić information content (AvgIpc) is 2.73. The predicted molar refractivity (Wildman–Crippen MR) is 110 cm³/mol. The van der Waals surface area contributed by atoms with E-state index in [1.807, 2.05) is 0 Å². The number of hydrogen-bond acceptors (Lipinski definition) is 5. The standard InChI is InChI=1S/C21H15F3N2O5S/c22-21(23,24)32(30,31)14-7-5-6-13(12-14)25-19(28)15-8-1-3-10-17(15)26-20(29)16-9-2-4-11-18(16)27/h1-12,27H,(H,25,28)(H,26,29). The maximum atomic E-state index is 12.8. The zero-order chi connectivity index (χ0) is 23.5. The molecule has 0 spiro atoms. The van der Waals surface area contributed by atoms with E-state index in [9.17, 15) is 36.3 Å². The van der Waals surface area contributed by atoms with Gasteiger partial charge in [-0.05, 0) is 42.5 Å². The summed E-state index contributed by atoms with van der Waals surface area (Å²) < 4.78 is 61.6. The first-order chi connectivity index (χ1) is 15.0. The number of halogens is 3. The third kappa shape index (κ3) is 4.72. The summed E-state index contributed by atoms with van der Waals surface area (Å²) in [5.74, 6) is -1.77. The molecule has 2 amide bonds. The first kappa shape index (κ1) is 22.8. The van der Waals surface area contributed by atoms with Crippen LogP contribution in [-0.4, -0.2) is 30.8 Å². The molecule has 0 aliphatic heterocycles. The van der Waals surface area contributed by atoms with Crippen LogP contribution in [0.3, 0.4) is 0 Å². The van der Waals surface area contributed by atoms with Gasteiger partial charge >= 0.3 is 5.51 Å². The molecule has 0 aliphatic rings. The minimum absolute atomic E-state index is 0.0345. The van der Waals surface area contributed by atoms with Crippen molar-refractivity contribution in [1.82, 2.24) is 0 Å². The number of benzene rings is 3. The highest BCUT2D eigenvalue weighted by Crippen LogP contribution is 2.31.